The van der Waals surface area contributed by atoms with Crippen molar-refractivity contribution in [1.29, 1.82) is 0 Å². The molecule has 0 aliphatic heterocycles. The molecule has 5 nitrogen and oxygen atoms in total. The van der Waals surface area contributed by atoms with Crippen molar-refractivity contribution < 1.29 is 9.53 Å². The first-order chi connectivity index (χ1) is 8.73. The van der Waals surface area contributed by atoms with Gasteiger partial charge >= 0.3 is 5.97 Å². The molecule has 0 unspecified atom stereocenters. The van der Waals surface area contributed by atoms with Crippen molar-refractivity contribution in [2.45, 2.75) is 20.0 Å². The summed E-state index contributed by atoms with van der Waals surface area (Å²) in [5, 5.41) is -0.249. The van der Waals surface area contributed by atoms with Crippen molar-refractivity contribution >= 4 is 63.2 Å². The molecule has 19 heavy (non-hydrogen) atoms. The summed E-state index contributed by atoms with van der Waals surface area (Å²) in [6.07, 6.45) is -0.323. The number of ether oxygens (including phenoxy) is 1. The highest BCUT2D eigenvalue weighted by atomic mass is 35.5. The molecule has 0 fully saturated rings. The van der Waals surface area contributed by atoms with Gasteiger partial charge in [0.1, 0.15) is 15.5 Å². The summed E-state index contributed by atoms with van der Waals surface area (Å²) in [7, 11) is 0. The van der Waals surface area contributed by atoms with Crippen LogP contribution in [-0.4, -0.2) is 22.0 Å². The van der Waals surface area contributed by atoms with E-state index in [1.54, 1.807) is 13.8 Å². The lowest BCUT2D eigenvalue weighted by molar-refractivity contribution is 0.0363. The average Bonchev–Trinajstić information content (AvgIpc) is 2.26. The average molecular weight is 345 g/mol. The molecule has 0 aromatic carbocycles. The van der Waals surface area contributed by atoms with Gasteiger partial charge in [0, 0.05) is 0 Å². The van der Waals surface area contributed by atoms with Gasteiger partial charge in [0.05, 0.1) is 16.7 Å². The SMILES string of the molecule is CC(C)OC(=O)c1nc(N)c(C(Cl)=C(Cl)Cl)c(Cl)n1. The zero-order valence-electron chi connectivity index (χ0n) is 9.88. The Morgan fingerprint density at radius 3 is 2.26 bits per heavy atom. The highest BCUT2D eigenvalue weighted by molar-refractivity contribution is 6.67. The van der Waals surface area contributed by atoms with Crippen LogP contribution in [0.2, 0.25) is 5.15 Å². The summed E-state index contributed by atoms with van der Waals surface area (Å²) >= 11 is 22.8. The van der Waals surface area contributed by atoms with Crippen molar-refractivity contribution in [2.24, 2.45) is 0 Å². The Morgan fingerprint density at radius 2 is 1.84 bits per heavy atom. The van der Waals surface area contributed by atoms with Crippen molar-refractivity contribution in [3.63, 3.8) is 0 Å². The molecule has 1 aromatic heterocycles. The number of nitrogen functional groups attached to an aromatic ring is 1. The lowest BCUT2D eigenvalue weighted by atomic mass is 10.3. The van der Waals surface area contributed by atoms with Crippen LogP contribution in [0, 0.1) is 0 Å². The Hall–Kier alpha value is -0.750. The predicted octanol–water partition coefficient (Wildman–Crippen LogP) is 3.62. The van der Waals surface area contributed by atoms with E-state index in [2.05, 4.69) is 9.97 Å². The second-order valence-electron chi connectivity index (χ2n) is 3.63. The number of anilines is 1. The first kappa shape index (κ1) is 16.3. The molecule has 1 aromatic rings. The fraction of sp³-hybridized carbons (Fsp3) is 0.300. The predicted molar refractivity (Wildman–Crippen MR) is 76.5 cm³/mol. The van der Waals surface area contributed by atoms with Gasteiger partial charge in [-0.2, -0.15) is 0 Å². The van der Waals surface area contributed by atoms with Crippen molar-refractivity contribution in [3.05, 3.63) is 21.0 Å². The third-order valence-corrected chi connectivity index (χ3v) is 3.03. The van der Waals surface area contributed by atoms with Crippen molar-refractivity contribution in [2.75, 3.05) is 5.73 Å². The maximum Gasteiger partial charge on any atom is 0.376 e. The molecule has 2 N–H and O–H groups in total. The molecule has 104 valence electrons. The van der Waals surface area contributed by atoms with E-state index < -0.39 is 5.97 Å². The lowest BCUT2D eigenvalue weighted by Gasteiger charge is -2.10. The molecule has 0 amide bonds. The Labute approximate surface area is 129 Å². The molecule has 1 heterocycles. The number of aromatic nitrogens is 2. The van der Waals surface area contributed by atoms with Crippen molar-refractivity contribution in [1.82, 2.24) is 9.97 Å². The van der Waals surface area contributed by atoms with Gasteiger partial charge in [0.15, 0.2) is 0 Å². The summed E-state index contributed by atoms with van der Waals surface area (Å²) in [5.74, 6) is -1.14. The number of carbonyl (C=O) groups excluding carboxylic acids is 1. The minimum Gasteiger partial charge on any atom is -0.457 e. The van der Waals surface area contributed by atoms with Crippen LogP contribution in [0.25, 0.3) is 5.03 Å². The van der Waals surface area contributed by atoms with Crippen LogP contribution in [0.5, 0.6) is 0 Å². The first-order valence-electron chi connectivity index (χ1n) is 4.99. The van der Waals surface area contributed by atoms with E-state index >= 15 is 0 Å². The zero-order valence-corrected chi connectivity index (χ0v) is 12.9. The smallest absolute Gasteiger partial charge is 0.376 e. The van der Waals surface area contributed by atoms with E-state index in [0.717, 1.165) is 0 Å². The van der Waals surface area contributed by atoms with Crippen LogP contribution >= 0.6 is 46.4 Å². The van der Waals surface area contributed by atoms with Crippen LogP contribution in [0.15, 0.2) is 4.49 Å². The number of esters is 1. The van der Waals surface area contributed by atoms with Crippen LogP contribution in [0.1, 0.15) is 30.0 Å². The standard InChI is InChI=1S/C10H9Cl4N3O2/c1-3(2)19-10(18)9-16-7(14)4(8(15)17-9)5(11)6(12)13/h3H,1-2H3,(H2,15,16,17). The number of carbonyl (C=O) groups is 1. The minimum atomic E-state index is -0.743. The molecule has 0 saturated heterocycles. The highest BCUT2D eigenvalue weighted by Crippen LogP contribution is 2.34. The fourth-order valence-electron chi connectivity index (χ4n) is 1.11. The van der Waals surface area contributed by atoms with Gasteiger partial charge in [-0.1, -0.05) is 46.4 Å². The van der Waals surface area contributed by atoms with E-state index in [1.165, 1.54) is 0 Å². The van der Waals surface area contributed by atoms with Gasteiger partial charge in [-0.3, -0.25) is 0 Å². The van der Waals surface area contributed by atoms with Crippen molar-refractivity contribution in [3.8, 4) is 0 Å². The van der Waals surface area contributed by atoms with Gasteiger partial charge in [-0.05, 0) is 13.8 Å². The second-order valence-corrected chi connectivity index (χ2v) is 5.31. The summed E-state index contributed by atoms with van der Waals surface area (Å²) in [6, 6.07) is 0. The van der Waals surface area contributed by atoms with Gasteiger partial charge in [-0.25, -0.2) is 14.8 Å². The van der Waals surface area contributed by atoms with E-state index in [1.807, 2.05) is 0 Å². The molecular weight excluding hydrogens is 336 g/mol. The number of rotatable bonds is 3. The first-order valence-corrected chi connectivity index (χ1v) is 6.50. The molecule has 0 bridgehead atoms. The lowest BCUT2D eigenvalue weighted by Crippen LogP contribution is -2.16. The molecule has 0 aliphatic rings. The van der Waals surface area contributed by atoms with Gasteiger partial charge < -0.3 is 10.5 Å². The molecular formula is C10H9Cl4N3O2. The topological polar surface area (TPSA) is 78.1 Å². The number of hydrogen-bond donors (Lipinski definition) is 1. The number of hydrogen-bond acceptors (Lipinski definition) is 5. The minimum absolute atomic E-state index is 0.0597. The van der Waals surface area contributed by atoms with Crippen LogP contribution in [-0.2, 0) is 4.74 Å². The van der Waals surface area contributed by atoms with Crippen LogP contribution in [0.3, 0.4) is 0 Å². The number of nitrogens with two attached hydrogens (primary N) is 1. The third-order valence-electron chi connectivity index (χ3n) is 1.80. The Morgan fingerprint density at radius 1 is 1.26 bits per heavy atom. The zero-order chi connectivity index (χ0) is 14.7. The van der Waals surface area contributed by atoms with E-state index in [9.17, 15) is 4.79 Å². The summed E-state index contributed by atoms with van der Waals surface area (Å²) in [4.78, 5) is 19.1. The molecule has 0 atom stereocenters. The maximum absolute atomic E-state index is 11.6. The molecule has 1 rings (SSSR count). The maximum atomic E-state index is 11.6. The highest BCUT2D eigenvalue weighted by Gasteiger charge is 2.20. The van der Waals surface area contributed by atoms with Gasteiger partial charge in [0.25, 0.3) is 0 Å². The molecule has 0 radical (unpaired) electrons. The van der Waals surface area contributed by atoms with E-state index in [4.69, 9.17) is 56.9 Å². The normalized spacial score (nSPS) is 10.5. The van der Waals surface area contributed by atoms with Crippen LogP contribution in [0.4, 0.5) is 5.82 Å². The third kappa shape index (κ3) is 4.11. The van der Waals surface area contributed by atoms with E-state index in [-0.39, 0.29) is 38.0 Å². The number of halogens is 4. The fourth-order valence-corrected chi connectivity index (χ4v) is 1.80. The Balaban J connectivity index is 3.25. The summed E-state index contributed by atoms with van der Waals surface area (Å²) in [5.41, 5.74) is 5.71. The Bertz CT molecular complexity index is 519. The second kappa shape index (κ2) is 6.61. The quantitative estimate of drug-likeness (QED) is 0.669. The van der Waals surface area contributed by atoms with E-state index in [0.29, 0.717) is 0 Å². The van der Waals surface area contributed by atoms with Gasteiger partial charge in [0.2, 0.25) is 5.82 Å². The van der Waals surface area contributed by atoms with Gasteiger partial charge in [-0.15, -0.1) is 0 Å². The molecule has 0 saturated carbocycles. The van der Waals surface area contributed by atoms with Crippen LogP contribution < -0.4 is 5.73 Å². The summed E-state index contributed by atoms with van der Waals surface area (Å²) in [6.45, 7) is 3.37. The number of nitrogens with zero attached hydrogens (tertiary/aromatic N) is 2. The molecule has 9 heteroatoms. The Kier molecular flexibility index (Phi) is 5.67. The summed E-state index contributed by atoms with van der Waals surface area (Å²) < 4.78 is 4.68. The molecule has 0 spiro atoms. The monoisotopic (exact) mass is 343 g/mol. The largest absolute Gasteiger partial charge is 0.457 e. The molecule has 0 aliphatic carbocycles.